The van der Waals surface area contributed by atoms with Crippen molar-refractivity contribution in [1.29, 1.82) is 0 Å². The van der Waals surface area contributed by atoms with Gasteiger partial charge < -0.3 is 75.6 Å². The second kappa shape index (κ2) is 25.3. The van der Waals surface area contributed by atoms with E-state index in [2.05, 4.69) is 62.7 Å². The van der Waals surface area contributed by atoms with Crippen LogP contribution in [-0.2, 0) is 49.6 Å². The van der Waals surface area contributed by atoms with Crippen LogP contribution in [0.5, 0.6) is 0 Å². The standard InChI is InChI=1S/C45H63N17O8/c1-46-15-9-20-57(2)21-10-16-47-36(63)12-17-50-44(69)39-55-34(27-61(39)6)53-37(64)13-18-49-42(67)33-24-30(26-60(33)5)52-45(70)40-56-35(28-62(40)7)54-38(65)14-19-48-41(66)32-23-29(25-59(32)4)51-43(68)31-11-8-22-58(31)3/h8,11,22-28,46H,9-10,12-21H2,1-7H3,(H,47,63)(H,48,66)(H,49,67)(H,50,69)(H,51,68)(H,52,70)(H,53,64)(H,54,65). The lowest BCUT2D eigenvalue weighted by atomic mass is 10.3. The molecule has 376 valence electrons. The number of hydrogen-bond acceptors (Lipinski definition) is 12. The molecular formula is C45H63N17O8. The minimum Gasteiger partial charge on any atom is -0.356 e. The van der Waals surface area contributed by atoms with Crippen molar-refractivity contribution >= 4 is 70.3 Å². The summed E-state index contributed by atoms with van der Waals surface area (Å²) in [7, 11) is 12.1. The lowest BCUT2D eigenvalue weighted by Gasteiger charge is -2.16. The quantitative estimate of drug-likeness (QED) is 0.0340. The Kier molecular flexibility index (Phi) is 19.2. The number of nitrogens with one attached hydrogen (secondary N) is 9. The summed E-state index contributed by atoms with van der Waals surface area (Å²) >= 11 is 0. The number of carbonyl (C=O) groups excluding carboxylic acids is 8. The third kappa shape index (κ3) is 15.5. The number of hydrogen-bond donors (Lipinski definition) is 9. The Hall–Kier alpha value is -8.06. The Bertz CT molecular complexity index is 2670. The second-order valence-corrected chi connectivity index (χ2v) is 16.6. The van der Waals surface area contributed by atoms with E-state index in [9.17, 15) is 38.4 Å². The van der Waals surface area contributed by atoms with E-state index in [4.69, 9.17) is 0 Å². The van der Waals surface area contributed by atoms with Crippen molar-refractivity contribution in [3.63, 3.8) is 0 Å². The Morgan fingerprint density at radius 1 is 0.500 bits per heavy atom. The van der Waals surface area contributed by atoms with E-state index >= 15 is 0 Å². The molecule has 0 atom stereocenters. The third-order valence-electron chi connectivity index (χ3n) is 10.8. The summed E-state index contributed by atoms with van der Waals surface area (Å²) in [5.41, 5.74) is 1.63. The van der Waals surface area contributed by atoms with Gasteiger partial charge in [-0.2, -0.15) is 0 Å². The van der Waals surface area contributed by atoms with Gasteiger partial charge in [-0.1, -0.05) is 0 Å². The average molecular weight is 970 g/mol. The van der Waals surface area contributed by atoms with Gasteiger partial charge in [-0.05, 0) is 70.8 Å². The van der Waals surface area contributed by atoms with Crippen LogP contribution in [0.1, 0.15) is 84.8 Å². The molecule has 0 fully saturated rings. The maximum Gasteiger partial charge on any atom is 0.291 e. The number of aromatic nitrogens is 7. The molecule has 9 N–H and O–H groups in total. The molecule has 0 radical (unpaired) electrons. The van der Waals surface area contributed by atoms with Crippen molar-refractivity contribution in [2.75, 3.05) is 81.2 Å². The smallest absolute Gasteiger partial charge is 0.291 e. The first-order chi connectivity index (χ1) is 33.4. The van der Waals surface area contributed by atoms with Crippen LogP contribution in [0.2, 0.25) is 0 Å². The first kappa shape index (κ1) is 52.9. The Morgan fingerprint density at radius 2 is 0.971 bits per heavy atom. The van der Waals surface area contributed by atoms with Crippen LogP contribution in [0.3, 0.4) is 0 Å². The first-order valence-electron chi connectivity index (χ1n) is 22.6. The molecule has 0 aliphatic carbocycles. The van der Waals surface area contributed by atoms with E-state index in [0.717, 1.165) is 32.5 Å². The molecule has 8 amide bonds. The predicted octanol–water partition coefficient (Wildman–Crippen LogP) is 0.358. The number of rotatable bonds is 26. The van der Waals surface area contributed by atoms with Gasteiger partial charge in [-0.25, -0.2) is 9.97 Å². The van der Waals surface area contributed by atoms with E-state index in [-0.39, 0.29) is 91.1 Å². The third-order valence-corrected chi connectivity index (χ3v) is 10.8. The highest BCUT2D eigenvalue weighted by molar-refractivity contribution is 6.05. The summed E-state index contributed by atoms with van der Waals surface area (Å²) < 4.78 is 7.59. The molecule has 0 aliphatic heterocycles. The molecule has 0 saturated heterocycles. The molecular weight excluding hydrogens is 907 g/mol. The zero-order valence-electron chi connectivity index (χ0n) is 40.5. The Morgan fingerprint density at radius 3 is 1.47 bits per heavy atom. The van der Waals surface area contributed by atoms with Gasteiger partial charge in [0.05, 0.1) is 11.4 Å². The van der Waals surface area contributed by atoms with Gasteiger partial charge in [0.25, 0.3) is 29.5 Å². The van der Waals surface area contributed by atoms with Crippen LogP contribution in [0.4, 0.5) is 23.0 Å². The van der Waals surface area contributed by atoms with Crippen LogP contribution in [0.15, 0.2) is 55.2 Å². The minimum atomic E-state index is -0.620. The van der Waals surface area contributed by atoms with Gasteiger partial charge in [0.1, 0.15) is 17.1 Å². The van der Waals surface area contributed by atoms with Gasteiger partial charge in [0, 0.05) is 112 Å². The lowest BCUT2D eigenvalue weighted by Crippen LogP contribution is -2.33. The van der Waals surface area contributed by atoms with E-state index in [1.807, 2.05) is 14.1 Å². The molecule has 0 bridgehead atoms. The number of amides is 8. The predicted molar refractivity (Wildman–Crippen MR) is 260 cm³/mol. The number of nitrogens with zero attached hydrogens (tertiary/aromatic N) is 8. The summed E-state index contributed by atoms with van der Waals surface area (Å²) in [6.45, 7) is 3.39. The van der Waals surface area contributed by atoms with Crippen LogP contribution in [-0.4, -0.2) is 145 Å². The van der Waals surface area contributed by atoms with Crippen molar-refractivity contribution in [2.24, 2.45) is 35.2 Å². The molecule has 5 aromatic rings. The van der Waals surface area contributed by atoms with Crippen molar-refractivity contribution in [1.82, 2.24) is 64.3 Å². The number of imidazole rings is 2. The SMILES string of the molecule is CNCCCN(C)CCCNC(=O)CCNC(=O)c1nc(NC(=O)CCNC(=O)c2cc(NC(=O)c3nc(NC(=O)CCNC(=O)c4cc(NC(=O)c5cccn5C)cn4C)cn3C)cn2C)cn1C. The summed E-state index contributed by atoms with van der Waals surface area (Å²) in [4.78, 5) is 113. The monoisotopic (exact) mass is 970 g/mol. The van der Waals surface area contributed by atoms with Crippen molar-refractivity contribution in [2.45, 2.75) is 32.1 Å². The molecule has 5 aromatic heterocycles. The molecule has 0 aromatic carbocycles. The van der Waals surface area contributed by atoms with Crippen molar-refractivity contribution in [3.05, 3.63) is 84.0 Å². The van der Waals surface area contributed by atoms with Gasteiger partial charge in [0.2, 0.25) is 29.4 Å². The summed E-state index contributed by atoms with van der Waals surface area (Å²) in [5.74, 6) is -3.29. The maximum atomic E-state index is 13.2. The molecule has 5 rings (SSSR count). The molecule has 0 unspecified atom stereocenters. The fourth-order valence-corrected chi connectivity index (χ4v) is 7.11. The van der Waals surface area contributed by atoms with E-state index in [1.54, 1.807) is 68.9 Å². The molecule has 5 heterocycles. The fraction of sp³-hybridized carbons (Fsp3) is 0.422. The number of carbonyl (C=O) groups is 8. The minimum absolute atomic E-state index is 0.00604. The van der Waals surface area contributed by atoms with Gasteiger partial charge >= 0.3 is 0 Å². The summed E-state index contributed by atoms with van der Waals surface area (Å²) in [5, 5.41) is 24.7. The van der Waals surface area contributed by atoms with Gasteiger partial charge in [-0.15, -0.1) is 0 Å². The van der Waals surface area contributed by atoms with Crippen molar-refractivity contribution < 1.29 is 38.4 Å². The van der Waals surface area contributed by atoms with Crippen LogP contribution < -0.4 is 47.9 Å². The van der Waals surface area contributed by atoms with E-state index in [0.29, 0.717) is 17.9 Å². The molecule has 0 aliphatic rings. The van der Waals surface area contributed by atoms with E-state index in [1.165, 1.54) is 44.4 Å². The molecule has 0 spiro atoms. The zero-order chi connectivity index (χ0) is 50.9. The topological polar surface area (TPSA) is 298 Å². The molecule has 0 saturated carbocycles. The highest BCUT2D eigenvalue weighted by Gasteiger charge is 2.21. The fourth-order valence-electron chi connectivity index (χ4n) is 7.11. The van der Waals surface area contributed by atoms with Crippen LogP contribution in [0, 0.1) is 0 Å². The summed E-state index contributed by atoms with van der Waals surface area (Å²) in [6.07, 6.45) is 9.55. The maximum absolute atomic E-state index is 13.2. The number of aryl methyl sites for hydroxylation is 5. The van der Waals surface area contributed by atoms with Crippen molar-refractivity contribution in [3.8, 4) is 0 Å². The van der Waals surface area contributed by atoms with Gasteiger partial charge in [-0.3, -0.25) is 38.4 Å². The first-order valence-corrected chi connectivity index (χ1v) is 22.6. The normalized spacial score (nSPS) is 11.0. The molecule has 25 nitrogen and oxygen atoms in total. The lowest BCUT2D eigenvalue weighted by molar-refractivity contribution is -0.121. The Labute approximate surface area is 404 Å². The zero-order valence-corrected chi connectivity index (χ0v) is 40.5. The average Bonchev–Trinajstić information content (AvgIpc) is 4.14. The number of anilines is 4. The molecule has 25 heteroatoms. The second-order valence-electron chi connectivity index (χ2n) is 16.6. The molecule has 70 heavy (non-hydrogen) atoms. The summed E-state index contributed by atoms with van der Waals surface area (Å²) in [6, 6.07) is 6.40. The van der Waals surface area contributed by atoms with Gasteiger partial charge in [0.15, 0.2) is 11.6 Å². The highest BCUT2D eigenvalue weighted by Crippen LogP contribution is 2.17. The largest absolute Gasteiger partial charge is 0.356 e. The van der Waals surface area contributed by atoms with E-state index < -0.39 is 35.4 Å². The Balaban J connectivity index is 0.985. The van der Waals surface area contributed by atoms with Crippen LogP contribution in [0.25, 0.3) is 0 Å². The highest BCUT2D eigenvalue weighted by atomic mass is 16.2. The van der Waals surface area contributed by atoms with Crippen LogP contribution >= 0.6 is 0 Å².